The molecule has 0 heterocycles. The molecule has 0 aromatic rings. The molecule has 0 fully saturated rings. The maximum absolute atomic E-state index is 11.7. The fourth-order valence-corrected chi connectivity index (χ4v) is 3.40. The van der Waals surface area contributed by atoms with E-state index < -0.39 is 5.97 Å². The standard InChI is InChI=1S/C23H45NO4/c1-21(25)17-16-20-24-22(26)18-14-12-10-8-6-4-2-3-5-7-9-11-13-15-19-23(27)28/h21,25H,2-20H2,1H3,(H,24,26)(H,27,28). The number of carbonyl (C=O) groups excluding carboxylic acids is 1. The number of amides is 1. The van der Waals surface area contributed by atoms with Gasteiger partial charge in [-0.3, -0.25) is 9.59 Å². The number of nitrogens with one attached hydrogen (secondary N) is 1. The third kappa shape index (κ3) is 22.9. The Labute approximate surface area is 172 Å². The molecule has 28 heavy (non-hydrogen) atoms. The average molecular weight is 400 g/mol. The van der Waals surface area contributed by atoms with Crippen LogP contribution in [0.1, 0.15) is 122 Å². The molecule has 1 unspecified atom stereocenters. The van der Waals surface area contributed by atoms with Crippen molar-refractivity contribution in [2.45, 2.75) is 129 Å². The summed E-state index contributed by atoms with van der Waals surface area (Å²) in [5, 5.41) is 20.6. The lowest BCUT2D eigenvalue weighted by molar-refractivity contribution is -0.137. The minimum Gasteiger partial charge on any atom is -0.481 e. The van der Waals surface area contributed by atoms with Crippen molar-refractivity contribution in [1.82, 2.24) is 5.32 Å². The van der Waals surface area contributed by atoms with Gasteiger partial charge in [-0.25, -0.2) is 0 Å². The highest BCUT2D eigenvalue weighted by Crippen LogP contribution is 2.13. The monoisotopic (exact) mass is 399 g/mol. The summed E-state index contributed by atoms with van der Waals surface area (Å²) < 4.78 is 0. The first-order valence-electron chi connectivity index (χ1n) is 11.7. The molecule has 0 aliphatic heterocycles. The Hall–Kier alpha value is -1.10. The summed E-state index contributed by atoms with van der Waals surface area (Å²) in [7, 11) is 0. The summed E-state index contributed by atoms with van der Waals surface area (Å²) >= 11 is 0. The van der Waals surface area contributed by atoms with Crippen LogP contribution in [0.15, 0.2) is 0 Å². The van der Waals surface area contributed by atoms with Gasteiger partial charge in [0.2, 0.25) is 5.91 Å². The van der Waals surface area contributed by atoms with Gasteiger partial charge in [0, 0.05) is 19.4 Å². The van der Waals surface area contributed by atoms with Crippen molar-refractivity contribution in [3.8, 4) is 0 Å². The number of hydrogen-bond acceptors (Lipinski definition) is 3. The summed E-state index contributed by atoms with van der Waals surface area (Å²) in [6.45, 7) is 2.45. The van der Waals surface area contributed by atoms with Gasteiger partial charge in [-0.05, 0) is 32.6 Å². The summed E-state index contributed by atoms with van der Waals surface area (Å²) in [5.74, 6) is -0.530. The molecule has 3 N–H and O–H groups in total. The van der Waals surface area contributed by atoms with Gasteiger partial charge in [-0.1, -0.05) is 77.0 Å². The number of aliphatic hydroxyl groups excluding tert-OH is 1. The van der Waals surface area contributed by atoms with Crippen LogP contribution in [0.2, 0.25) is 0 Å². The van der Waals surface area contributed by atoms with Crippen LogP contribution in [0.4, 0.5) is 0 Å². The molecule has 5 nitrogen and oxygen atoms in total. The van der Waals surface area contributed by atoms with Crippen LogP contribution in [-0.4, -0.2) is 34.7 Å². The van der Waals surface area contributed by atoms with E-state index in [1.54, 1.807) is 6.92 Å². The molecule has 0 aromatic carbocycles. The number of carbonyl (C=O) groups is 2. The van der Waals surface area contributed by atoms with Crippen LogP contribution >= 0.6 is 0 Å². The minimum absolute atomic E-state index is 0.146. The van der Waals surface area contributed by atoms with E-state index in [0.717, 1.165) is 38.5 Å². The Morgan fingerprint density at radius 3 is 1.46 bits per heavy atom. The summed E-state index contributed by atoms with van der Waals surface area (Å²) in [4.78, 5) is 22.1. The highest BCUT2D eigenvalue weighted by molar-refractivity contribution is 5.75. The van der Waals surface area contributed by atoms with Gasteiger partial charge in [-0.2, -0.15) is 0 Å². The fourth-order valence-electron chi connectivity index (χ4n) is 3.40. The van der Waals surface area contributed by atoms with Gasteiger partial charge >= 0.3 is 5.97 Å². The molecule has 0 aliphatic carbocycles. The summed E-state index contributed by atoms with van der Waals surface area (Å²) in [6.07, 6.45) is 19.1. The van der Waals surface area contributed by atoms with Gasteiger partial charge in [0.25, 0.3) is 0 Å². The smallest absolute Gasteiger partial charge is 0.303 e. The van der Waals surface area contributed by atoms with E-state index in [-0.39, 0.29) is 12.0 Å². The van der Waals surface area contributed by atoms with Gasteiger partial charge in [0.1, 0.15) is 0 Å². The van der Waals surface area contributed by atoms with Crippen molar-refractivity contribution < 1.29 is 19.8 Å². The molecular formula is C23H45NO4. The highest BCUT2D eigenvalue weighted by atomic mass is 16.4. The molecule has 0 bridgehead atoms. The van der Waals surface area contributed by atoms with Crippen LogP contribution in [-0.2, 0) is 9.59 Å². The normalized spacial score (nSPS) is 12.1. The second-order valence-electron chi connectivity index (χ2n) is 8.18. The number of aliphatic carboxylic acids is 1. The lowest BCUT2D eigenvalue weighted by atomic mass is 10.0. The van der Waals surface area contributed by atoms with E-state index in [1.807, 2.05) is 0 Å². The second kappa shape index (κ2) is 20.6. The first-order chi connectivity index (χ1) is 13.5. The second-order valence-corrected chi connectivity index (χ2v) is 8.18. The van der Waals surface area contributed by atoms with Crippen molar-refractivity contribution in [2.24, 2.45) is 0 Å². The van der Waals surface area contributed by atoms with Crippen molar-refractivity contribution >= 4 is 11.9 Å². The van der Waals surface area contributed by atoms with E-state index >= 15 is 0 Å². The summed E-state index contributed by atoms with van der Waals surface area (Å²) in [6, 6.07) is 0. The Balaban J connectivity index is 3.13. The highest BCUT2D eigenvalue weighted by Gasteiger charge is 2.02. The number of hydrogen-bond donors (Lipinski definition) is 3. The maximum atomic E-state index is 11.7. The van der Waals surface area contributed by atoms with Crippen molar-refractivity contribution in [1.29, 1.82) is 0 Å². The lowest BCUT2D eigenvalue weighted by Gasteiger charge is -2.06. The number of aliphatic hydroxyl groups is 1. The zero-order chi connectivity index (χ0) is 20.9. The maximum Gasteiger partial charge on any atom is 0.303 e. The average Bonchev–Trinajstić information content (AvgIpc) is 2.64. The molecule has 0 saturated heterocycles. The van der Waals surface area contributed by atoms with Gasteiger partial charge < -0.3 is 15.5 Å². The third-order valence-electron chi connectivity index (χ3n) is 5.17. The molecule has 0 aliphatic rings. The van der Waals surface area contributed by atoms with Gasteiger partial charge in [0.05, 0.1) is 6.10 Å². The molecule has 166 valence electrons. The van der Waals surface area contributed by atoms with Gasteiger partial charge in [-0.15, -0.1) is 0 Å². The van der Waals surface area contributed by atoms with Crippen LogP contribution < -0.4 is 5.32 Å². The van der Waals surface area contributed by atoms with Crippen molar-refractivity contribution in [2.75, 3.05) is 6.54 Å². The first kappa shape index (κ1) is 26.9. The van der Waals surface area contributed by atoms with Crippen molar-refractivity contribution in [3.63, 3.8) is 0 Å². The lowest BCUT2D eigenvalue weighted by Crippen LogP contribution is -2.24. The predicted octanol–water partition coefficient (Wildman–Crippen LogP) is 5.59. The molecule has 0 spiro atoms. The summed E-state index contributed by atoms with van der Waals surface area (Å²) in [5.41, 5.74) is 0. The SMILES string of the molecule is CC(O)CCCNC(=O)CCCCCCCCCCCCCCCCC(=O)O. The molecule has 0 radical (unpaired) electrons. The molecule has 1 atom stereocenters. The quantitative estimate of drug-likeness (QED) is 0.220. The van der Waals surface area contributed by atoms with E-state index in [2.05, 4.69) is 5.32 Å². The third-order valence-corrected chi connectivity index (χ3v) is 5.17. The number of unbranched alkanes of at least 4 members (excludes halogenated alkanes) is 13. The molecule has 0 aromatic heterocycles. The zero-order valence-electron chi connectivity index (χ0n) is 18.2. The number of carboxylic acids is 1. The van der Waals surface area contributed by atoms with Crippen LogP contribution in [0.5, 0.6) is 0 Å². The Bertz CT molecular complexity index is 372. The molecule has 0 rings (SSSR count). The zero-order valence-corrected chi connectivity index (χ0v) is 18.2. The number of rotatable bonds is 21. The minimum atomic E-state index is -0.675. The van der Waals surface area contributed by atoms with Crippen LogP contribution in [0.25, 0.3) is 0 Å². The van der Waals surface area contributed by atoms with E-state index in [0.29, 0.717) is 19.4 Å². The predicted molar refractivity (Wildman–Crippen MR) is 115 cm³/mol. The van der Waals surface area contributed by atoms with E-state index in [1.165, 1.54) is 64.2 Å². The Morgan fingerprint density at radius 1 is 0.679 bits per heavy atom. The van der Waals surface area contributed by atoms with E-state index in [9.17, 15) is 9.59 Å². The molecule has 5 heteroatoms. The number of carboxylic acid groups (broad SMARTS) is 1. The molecule has 1 amide bonds. The Morgan fingerprint density at radius 2 is 1.07 bits per heavy atom. The largest absolute Gasteiger partial charge is 0.481 e. The van der Waals surface area contributed by atoms with E-state index in [4.69, 9.17) is 10.2 Å². The van der Waals surface area contributed by atoms with Gasteiger partial charge in [0.15, 0.2) is 0 Å². The Kier molecular flexibility index (Phi) is 19.8. The van der Waals surface area contributed by atoms with Crippen LogP contribution in [0.3, 0.4) is 0 Å². The fraction of sp³-hybridized carbons (Fsp3) is 0.913. The molecular weight excluding hydrogens is 354 g/mol. The molecule has 0 saturated carbocycles. The topological polar surface area (TPSA) is 86.6 Å². The van der Waals surface area contributed by atoms with Crippen LogP contribution in [0, 0.1) is 0 Å². The first-order valence-corrected chi connectivity index (χ1v) is 11.7. The van der Waals surface area contributed by atoms with Crippen molar-refractivity contribution in [3.05, 3.63) is 0 Å².